The van der Waals surface area contributed by atoms with Gasteiger partial charge in [-0.2, -0.15) is 0 Å². The summed E-state index contributed by atoms with van der Waals surface area (Å²) in [5.41, 5.74) is 3.22. The van der Waals surface area contributed by atoms with Crippen LogP contribution in [0.5, 0.6) is 0 Å². The van der Waals surface area contributed by atoms with Crippen molar-refractivity contribution in [2.24, 2.45) is 5.41 Å². The second-order valence-corrected chi connectivity index (χ2v) is 7.62. The highest BCUT2D eigenvalue weighted by atomic mass is 16.1. The van der Waals surface area contributed by atoms with Crippen LogP contribution in [-0.2, 0) is 11.2 Å². The van der Waals surface area contributed by atoms with Gasteiger partial charge in [-0.3, -0.25) is 4.79 Å². The second kappa shape index (κ2) is 8.36. The minimum atomic E-state index is -0.411. The molecule has 1 atom stereocenters. The number of ketones is 1. The molecule has 0 bridgehead atoms. The fourth-order valence-electron chi connectivity index (χ4n) is 3.71. The maximum atomic E-state index is 13.0. The van der Waals surface area contributed by atoms with Gasteiger partial charge in [-0.1, -0.05) is 92.6 Å². The summed E-state index contributed by atoms with van der Waals surface area (Å²) in [7, 11) is 1.94. The number of Topliss-reactive ketones (excluding diaryl/α,β-unsaturated/α-hetero) is 1. The van der Waals surface area contributed by atoms with Crippen LogP contribution in [0.2, 0.25) is 0 Å². The standard InChI is InChI=1S/C26H28N2O/c1-20-26(4,18-23-14-10-9-11-15-23)21(2)28(22(3)27(20)5)19-25(29)24-16-12-7-6-8-13-17-24/h6-17H,1-3,18-19H2,4-5H3/b7-6-,8-6?,12-7?,13-8-,16-12?,17-13?,24-16?,24-17?/t26-/m0/s1. The molecule has 3 rings (SSSR count). The molecule has 0 N–H and O–H groups in total. The van der Waals surface area contributed by atoms with Crippen molar-refractivity contribution >= 4 is 5.78 Å². The molecule has 0 amide bonds. The third kappa shape index (κ3) is 4.09. The smallest absolute Gasteiger partial charge is 0.182 e. The lowest BCUT2D eigenvalue weighted by Crippen LogP contribution is -2.49. The fourth-order valence-corrected chi connectivity index (χ4v) is 3.71. The van der Waals surface area contributed by atoms with Gasteiger partial charge in [-0.15, -0.1) is 0 Å². The van der Waals surface area contributed by atoms with Crippen molar-refractivity contribution < 1.29 is 4.79 Å². The zero-order valence-corrected chi connectivity index (χ0v) is 17.3. The first-order valence-corrected chi connectivity index (χ1v) is 9.72. The van der Waals surface area contributed by atoms with Gasteiger partial charge in [0.2, 0.25) is 0 Å². The molecular weight excluding hydrogens is 356 g/mol. The van der Waals surface area contributed by atoms with Crippen molar-refractivity contribution in [3.05, 3.63) is 121 Å². The van der Waals surface area contributed by atoms with Crippen LogP contribution in [0, 0.1) is 5.41 Å². The molecule has 148 valence electrons. The molecule has 1 aromatic carbocycles. The predicted octanol–water partition coefficient (Wildman–Crippen LogP) is 5.16. The number of nitrogens with zero attached hydrogens (tertiary/aromatic N) is 2. The predicted molar refractivity (Wildman–Crippen MR) is 121 cm³/mol. The molecule has 1 fully saturated rings. The molecule has 0 saturated carbocycles. The summed E-state index contributed by atoms with van der Waals surface area (Å²) in [6.45, 7) is 15.2. The Balaban J connectivity index is 1.88. The van der Waals surface area contributed by atoms with Crippen molar-refractivity contribution in [1.82, 2.24) is 9.80 Å². The molecule has 1 heterocycles. The summed E-state index contributed by atoms with van der Waals surface area (Å²) in [5, 5.41) is 0. The van der Waals surface area contributed by atoms with Crippen molar-refractivity contribution in [2.45, 2.75) is 13.3 Å². The molecule has 1 aliphatic heterocycles. The highest BCUT2D eigenvalue weighted by Gasteiger charge is 2.42. The molecular formula is C26H28N2O. The van der Waals surface area contributed by atoms with E-state index in [1.165, 1.54) is 5.56 Å². The van der Waals surface area contributed by atoms with E-state index in [1.54, 1.807) is 0 Å². The van der Waals surface area contributed by atoms with E-state index in [2.05, 4.69) is 38.8 Å². The Morgan fingerprint density at radius 1 is 0.966 bits per heavy atom. The normalized spacial score (nSPS) is 24.1. The number of benzene rings is 1. The van der Waals surface area contributed by atoms with E-state index >= 15 is 0 Å². The lowest BCUT2D eigenvalue weighted by Gasteiger charge is -2.51. The van der Waals surface area contributed by atoms with Gasteiger partial charge in [0.15, 0.2) is 5.78 Å². The number of hydrogen-bond donors (Lipinski definition) is 0. The minimum absolute atomic E-state index is 0.0199. The Bertz CT molecular complexity index is 962. The number of carbonyl (C=O) groups is 1. The molecule has 1 aliphatic carbocycles. The van der Waals surface area contributed by atoms with E-state index in [9.17, 15) is 4.79 Å². The van der Waals surface area contributed by atoms with Crippen LogP contribution >= 0.6 is 0 Å². The summed E-state index contributed by atoms with van der Waals surface area (Å²) in [5.74, 6) is 0.733. The van der Waals surface area contributed by atoms with Crippen molar-refractivity contribution in [3.63, 3.8) is 0 Å². The van der Waals surface area contributed by atoms with Gasteiger partial charge in [0.05, 0.1) is 12.0 Å². The second-order valence-electron chi connectivity index (χ2n) is 7.62. The van der Waals surface area contributed by atoms with Crippen LogP contribution < -0.4 is 0 Å². The first-order valence-electron chi connectivity index (χ1n) is 9.72. The summed E-state index contributed by atoms with van der Waals surface area (Å²) < 4.78 is 0. The Morgan fingerprint density at radius 2 is 1.62 bits per heavy atom. The number of rotatable bonds is 5. The van der Waals surface area contributed by atoms with Crippen LogP contribution in [0.4, 0.5) is 0 Å². The highest BCUT2D eigenvalue weighted by Crippen LogP contribution is 2.46. The van der Waals surface area contributed by atoms with Gasteiger partial charge in [0.1, 0.15) is 5.82 Å². The quantitative estimate of drug-likeness (QED) is 0.701. The average molecular weight is 385 g/mol. The zero-order chi connectivity index (χ0) is 21.0. The van der Waals surface area contributed by atoms with E-state index < -0.39 is 5.41 Å². The first kappa shape index (κ1) is 20.4. The summed E-state index contributed by atoms with van der Waals surface area (Å²) >= 11 is 0. The molecule has 0 aromatic heterocycles. The first-order chi connectivity index (χ1) is 13.8. The average Bonchev–Trinajstić information content (AvgIpc) is 2.69. The molecule has 0 radical (unpaired) electrons. The van der Waals surface area contributed by atoms with Crippen LogP contribution in [0.1, 0.15) is 12.5 Å². The largest absolute Gasteiger partial charge is 0.335 e. The Morgan fingerprint density at radius 3 is 2.34 bits per heavy atom. The Hall–Kier alpha value is -3.33. The Labute approximate surface area is 174 Å². The van der Waals surface area contributed by atoms with E-state index in [-0.39, 0.29) is 12.3 Å². The maximum Gasteiger partial charge on any atom is 0.182 e. The van der Waals surface area contributed by atoms with E-state index in [0.29, 0.717) is 11.4 Å². The molecule has 0 unspecified atom stereocenters. The van der Waals surface area contributed by atoms with Crippen LogP contribution in [0.25, 0.3) is 0 Å². The molecule has 29 heavy (non-hydrogen) atoms. The van der Waals surface area contributed by atoms with Gasteiger partial charge < -0.3 is 9.80 Å². The van der Waals surface area contributed by atoms with Crippen LogP contribution in [0.3, 0.4) is 0 Å². The van der Waals surface area contributed by atoms with Crippen LogP contribution in [-0.4, -0.2) is 29.2 Å². The van der Waals surface area contributed by atoms with E-state index in [0.717, 1.165) is 17.8 Å². The Kier molecular flexibility index (Phi) is 5.88. The number of carbonyl (C=O) groups excluding carboxylic acids is 1. The minimum Gasteiger partial charge on any atom is -0.335 e. The maximum absolute atomic E-state index is 13.0. The SMILES string of the molecule is C=C1N(C)C(=C)[C@](C)(Cc2ccccc2)C(=C)N1CC(=O)C1=C/C=C\C=C/C=C1. The van der Waals surface area contributed by atoms with Crippen molar-refractivity contribution in [3.8, 4) is 0 Å². The number of hydrogen-bond acceptors (Lipinski definition) is 3. The highest BCUT2D eigenvalue weighted by molar-refractivity contribution is 6.00. The van der Waals surface area contributed by atoms with Crippen LogP contribution in [0.15, 0.2) is 115 Å². The summed E-state index contributed by atoms with van der Waals surface area (Å²) in [6, 6.07) is 10.3. The molecule has 0 spiro atoms. The monoisotopic (exact) mass is 384 g/mol. The van der Waals surface area contributed by atoms with Gasteiger partial charge in [0.25, 0.3) is 0 Å². The van der Waals surface area contributed by atoms with Gasteiger partial charge in [0, 0.05) is 24.0 Å². The van der Waals surface area contributed by atoms with Gasteiger partial charge in [-0.05, 0) is 18.9 Å². The topological polar surface area (TPSA) is 23.6 Å². The van der Waals surface area contributed by atoms with Gasteiger partial charge in [-0.25, -0.2) is 0 Å². The lowest BCUT2D eigenvalue weighted by molar-refractivity contribution is -0.116. The van der Waals surface area contributed by atoms with E-state index in [1.807, 2.05) is 77.6 Å². The van der Waals surface area contributed by atoms with Gasteiger partial charge >= 0.3 is 0 Å². The molecule has 2 aliphatic rings. The summed E-state index contributed by atoms with van der Waals surface area (Å²) in [6.07, 6.45) is 13.9. The van der Waals surface area contributed by atoms with E-state index in [4.69, 9.17) is 0 Å². The van der Waals surface area contributed by atoms with Crippen molar-refractivity contribution in [2.75, 3.05) is 13.6 Å². The molecule has 3 heteroatoms. The molecule has 1 saturated heterocycles. The fraction of sp³-hybridized carbons (Fsp3) is 0.192. The molecule has 1 aromatic rings. The lowest BCUT2D eigenvalue weighted by atomic mass is 9.75. The number of allylic oxidation sites excluding steroid dienone is 7. The zero-order valence-electron chi connectivity index (χ0n) is 17.3. The third-order valence-corrected chi connectivity index (χ3v) is 5.72. The molecule has 3 nitrogen and oxygen atoms in total. The van der Waals surface area contributed by atoms with Crippen molar-refractivity contribution in [1.29, 1.82) is 0 Å². The third-order valence-electron chi connectivity index (χ3n) is 5.72. The summed E-state index contributed by atoms with van der Waals surface area (Å²) in [4.78, 5) is 16.9.